The topological polar surface area (TPSA) is 46.2 Å². The third-order valence-electron chi connectivity index (χ3n) is 0.492. The van der Waals surface area contributed by atoms with Crippen molar-refractivity contribution < 1.29 is 8.42 Å². The summed E-state index contributed by atoms with van der Waals surface area (Å²) in [5, 5.41) is 0. The molecule has 0 aromatic heterocycles. The summed E-state index contributed by atoms with van der Waals surface area (Å²) in [5.41, 5.74) is 0. The van der Waals surface area contributed by atoms with Crippen LogP contribution in [0.4, 0.5) is 0 Å². The zero-order chi connectivity index (χ0) is 7.71. The van der Waals surface area contributed by atoms with E-state index in [4.69, 9.17) is 0 Å². The molecule has 0 radical (unpaired) electrons. The van der Waals surface area contributed by atoms with Crippen molar-refractivity contribution in [2.24, 2.45) is 0 Å². The molecule has 0 fully saturated rings. The van der Waals surface area contributed by atoms with E-state index >= 15 is 0 Å². The summed E-state index contributed by atoms with van der Waals surface area (Å²) in [5.74, 6) is 0. The Labute approximate surface area is 57.6 Å². The zero-order valence-electron chi connectivity index (χ0n) is 6.22. The van der Waals surface area contributed by atoms with Crippen molar-refractivity contribution in [3.63, 3.8) is 0 Å². The fourth-order valence-corrected chi connectivity index (χ4v) is 5.01. The summed E-state index contributed by atoms with van der Waals surface area (Å²) >= 11 is 0. The Morgan fingerprint density at radius 2 is 1.56 bits per heavy atom. The standard InChI is InChI=1S/C4H13NO2SSi/c1-8(6,7)5-9(2,3)4/h5H,1-4H3. The summed E-state index contributed by atoms with van der Waals surface area (Å²) in [6.07, 6.45) is 1.19. The zero-order valence-corrected chi connectivity index (χ0v) is 8.04. The van der Waals surface area contributed by atoms with Crippen LogP contribution in [0, 0.1) is 0 Å². The molecule has 56 valence electrons. The Morgan fingerprint density at radius 3 is 1.56 bits per heavy atom. The van der Waals surface area contributed by atoms with Gasteiger partial charge in [0, 0.05) is 0 Å². The number of sulfonamides is 1. The van der Waals surface area contributed by atoms with Crippen molar-refractivity contribution in [1.82, 2.24) is 4.39 Å². The Kier molecular flexibility index (Phi) is 2.43. The maximum Gasteiger partial charge on any atom is 0.202 e. The van der Waals surface area contributed by atoms with Crippen LogP contribution < -0.4 is 4.39 Å². The molecule has 3 nitrogen and oxygen atoms in total. The van der Waals surface area contributed by atoms with Crippen LogP contribution in [0.15, 0.2) is 0 Å². The van der Waals surface area contributed by atoms with Crippen molar-refractivity contribution in [1.29, 1.82) is 0 Å². The van der Waals surface area contributed by atoms with Gasteiger partial charge in [0.1, 0.15) is 8.24 Å². The lowest BCUT2D eigenvalue weighted by atomic mass is 11.8. The minimum Gasteiger partial charge on any atom is -0.238 e. The van der Waals surface area contributed by atoms with Crippen LogP contribution in [0.3, 0.4) is 0 Å². The molecule has 0 aromatic rings. The van der Waals surface area contributed by atoms with Gasteiger partial charge in [0.2, 0.25) is 10.0 Å². The summed E-state index contributed by atoms with van der Waals surface area (Å²) in [6.45, 7) is 5.82. The molecule has 0 amide bonds. The van der Waals surface area contributed by atoms with E-state index in [0.717, 1.165) is 0 Å². The molecule has 5 heteroatoms. The molecule has 0 heterocycles. The third-order valence-corrected chi connectivity index (χ3v) is 4.42. The first-order valence-corrected chi connectivity index (χ1v) is 8.09. The molecule has 1 N–H and O–H groups in total. The van der Waals surface area contributed by atoms with Crippen LogP contribution >= 0.6 is 0 Å². The Hall–Kier alpha value is 0.127. The van der Waals surface area contributed by atoms with Gasteiger partial charge in [0.05, 0.1) is 6.26 Å². The monoisotopic (exact) mass is 167 g/mol. The molecule has 0 bridgehead atoms. The highest BCUT2D eigenvalue weighted by molar-refractivity contribution is 7.90. The molecule has 0 aliphatic heterocycles. The highest BCUT2D eigenvalue weighted by atomic mass is 32.2. The van der Waals surface area contributed by atoms with Gasteiger partial charge in [-0.3, -0.25) is 0 Å². The highest BCUT2D eigenvalue weighted by Crippen LogP contribution is 1.95. The SMILES string of the molecule is C[Si](C)(C)NS(C)(=O)=O. The Balaban J connectivity index is 4.07. The fraction of sp³-hybridized carbons (Fsp3) is 1.00. The Bertz CT molecular complexity index is 179. The Morgan fingerprint density at radius 1 is 1.22 bits per heavy atom. The number of nitrogens with one attached hydrogen (secondary N) is 1. The molecule has 0 saturated carbocycles. The first-order chi connectivity index (χ1) is 3.71. The van der Waals surface area contributed by atoms with Crippen molar-refractivity contribution in [2.75, 3.05) is 6.26 Å². The van der Waals surface area contributed by atoms with Crippen molar-refractivity contribution in [3.8, 4) is 0 Å². The predicted octanol–water partition coefficient (Wildman–Crippen LogP) is 0.370. The first-order valence-electron chi connectivity index (χ1n) is 2.70. The number of hydrogen-bond acceptors (Lipinski definition) is 2. The van der Waals surface area contributed by atoms with E-state index in [9.17, 15) is 8.42 Å². The van der Waals surface area contributed by atoms with Crippen LogP contribution in [0.2, 0.25) is 19.6 Å². The van der Waals surface area contributed by atoms with E-state index in [1.807, 2.05) is 19.6 Å². The molecule has 0 aliphatic rings. The molecule has 0 aromatic carbocycles. The van der Waals surface area contributed by atoms with Crippen molar-refractivity contribution in [2.45, 2.75) is 19.6 Å². The van der Waals surface area contributed by atoms with E-state index in [-0.39, 0.29) is 0 Å². The third kappa shape index (κ3) is 8.13. The van der Waals surface area contributed by atoms with Gasteiger partial charge in [-0.05, 0) is 0 Å². The van der Waals surface area contributed by atoms with E-state index in [2.05, 4.69) is 4.39 Å². The normalized spacial score (nSPS) is 13.8. The van der Waals surface area contributed by atoms with Gasteiger partial charge in [0.25, 0.3) is 0 Å². The minimum absolute atomic E-state index is 1.19. The second-order valence-electron chi connectivity index (χ2n) is 3.12. The van der Waals surface area contributed by atoms with Gasteiger partial charge in [-0.15, -0.1) is 0 Å². The van der Waals surface area contributed by atoms with Crippen LogP contribution in [-0.2, 0) is 10.0 Å². The number of hydrogen-bond donors (Lipinski definition) is 1. The van der Waals surface area contributed by atoms with E-state index in [1.54, 1.807) is 0 Å². The van der Waals surface area contributed by atoms with Gasteiger partial charge >= 0.3 is 0 Å². The first kappa shape index (κ1) is 9.13. The van der Waals surface area contributed by atoms with Crippen LogP contribution in [-0.4, -0.2) is 22.9 Å². The van der Waals surface area contributed by atoms with E-state index in [1.165, 1.54) is 6.26 Å². The smallest absolute Gasteiger partial charge is 0.202 e. The molecule has 0 saturated heterocycles. The highest BCUT2D eigenvalue weighted by Gasteiger charge is 2.17. The molecule has 9 heavy (non-hydrogen) atoms. The average molecular weight is 167 g/mol. The maximum absolute atomic E-state index is 10.6. The van der Waals surface area contributed by atoms with Gasteiger partial charge < -0.3 is 0 Å². The van der Waals surface area contributed by atoms with Gasteiger partial charge in [-0.1, -0.05) is 19.6 Å². The lowest BCUT2D eigenvalue weighted by Gasteiger charge is -2.14. The molecule has 0 aliphatic carbocycles. The van der Waals surface area contributed by atoms with E-state index < -0.39 is 18.3 Å². The second kappa shape index (κ2) is 2.40. The van der Waals surface area contributed by atoms with Crippen LogP contribution in [0.25, 0.3) is 0 Å². The maximum atomic E-state index is 10.6. The lowest BCUT2D eigenvalue weighted by molar-refractivity contribution is 0.598. The van der Waals surface area contributed by atoms with Gasteiger partial charge in [-0.25, -0.2) is 12.8 Å². The van der Waals surface area contributed by atoms with Crippen LogP contribution in [0.5, 0.6) is 0 Å². The van der Waals surface area contributed by atoms with Crippen LogP contribution in [0.1, 0.15) is 0 Å². The van der Waals surface area contributed by atoms with Gasteiger partial charge in [0.15, 0.2) is 0 Å². The van der Waals surface area contributed by atoms with Gasteiger partial charge in [-0.2, -0.15) is 0 Å². The number of rotatable bonds is 2. The quantitative estimate of drug-likeness (QED) is 0.604. The summed E-state index contributed by atoms with van der Waals surface area (Å²) in [6, 6.07) is 0. The molecule has 0 spiro atoms. The van der Waals surface area contributed by atoms with Crippen molar-refractivity contribution >= 4 is 18.3 Å². The molecule has 0 unspecified atom stereocenters. The largest absolute Gasteiger partial charge is 0.238 e. The molecular weight excluding hydrogens is 154 g/mol. The molecule has 0 atom stereocenters. The summed E-state index contributed by atoms with van der Waals surface area (Å²) in [7, 11) is -4.60. The fourth-order valence-electron chi connectivity index (χ4n) is 0.556. The van der Waals surface area contributed by atoms with Crippen molar-refractivity contribution in [3.05, 3.63) is 0 Å². The minimum atomic E-state index is -2.97. The molecule has 0 rings (SSSR count). The molecular formula is C4H13NO2SSi. The predicted molar refractivity (Wildman–Crippen MR) is 41.3 cm³/mol. The van der Waals surface area contributed by atoms with E-state index in [0.29, 0.717) is 0 Å². The lowest BCUT2D eigenvalue weighted by Crippen LogP contribution is -2.44. The summed E-state index contributed by atoms with van der Waals surface area (Å²) in [4.78, 5) is 0. The average Bonchev–Trinajstić information content (AvgIpc) is 1.14. The second-order valence-corrected chi connectivity index (χ2v) is 9.99. The summed E-state index contributed by atoms with van der Waals surface area (Å²) < 4.78 is 23.7.